The van der Waals surface area contributed by atoms with Crippen LogP contribution in [-0.2, 0) is 6.42 Å². The smallest absolute Gasteiger partial charge is 0.252 e. The lowest BCUT2D eigenvalue weighted by molar-refractivity contribution is 0.0954. The molecular weight excluding hydrogens is 317 g/mol. The van der Waals surface area contributed by atoms with Crippen LogP contribution in [-0.4, -0.2) is 12.5 Å². The first-order valence-corrected chi connectivity index (χ1v) is 8.05. The van der Waals surface area contributed by atoms with Crippen molar-refractivity contribution in [1.82, 2.24) is 5.32 Å². The molecule has 0 spiro atoms. The highest BCUT2D eigenvalue weighted by Gasteiger charge is 2.11. The highest BCUT2D eigenvalue weighted by atomic mass is 35.5. The topological polar surface area (TPSA) is 29.1 Å². The summed E-state index contributed by atoms with van der Waals surface area (Å²) < 4.78 is 0. The van der Waals surface area contributed by atoms with Crippen molar-refractivity contribution in [2.75, 3.05) is 6.54 Å². The molecule has 4 heteroatoms. The number of amides is 1. The molecule has 0 heterocycles. The van der Waals surface area contributed by atoms with Crippen LogP contribution in [0.15, 0.2) is 42.5 Å². The third-order valence-corrected chi connectivity index (χ3v) is 4.36. The monoisotopic (exact) mass is 335 g/mol. The van der Waals surface area contributed by atoms with Crippen molar-refractivity contribution in [2.24, 2.45) is 0 Å². The molecule has 0 fully saturated rings. The fourth-order valence-corrected chi connectivity index (χ4v) is 2.55. The highest BCUT2D eigenvalue weighted by Crippen LogP contribution is 2.25. The fourth-order valence-electron chi connectivity index (χ4n) is 2.16. The Balaban J connectivity index is 1.90. The van der Waals surface area contributed by atoms with Gasteiger partial charge in [-0.1, -0.05) is 67.4 Å². The normalized spacial score (nSPS) is 10.8. The molecule has 0 aromatic heterocycles. The van der Waals surface area contributed by atoms with E-state index >= 15 is 0 Å². The Kier molecular flexibility index (Phi) is 5.87. The molecule has 0 radical (unpaired) electrons. The van der Waals surface area contributed by atoms with Crippen molar-refractivity contribution in [1.29, 1.82) is 0 Å². The molecule has 116 valence electrons. The van der Waals surface area contributed by atoms with Crippen LogP contribution in [0.4, 0.5) is 0 Å². The van der Waals surface area contributed by atoms with Gasteiger partial charge in [0.15, 0.2) is 0 Å². The number of benzene rings is 2. The molecule has 0 aliphatic rings. The SMILES string of the molecule is CC(C)c1ccc(CCNC(=O)c2cccc(Cl)c2Cl)cc1. The average Bonchev–Trinajstić information content (AvgIpc) is 2.50. The van der Waals surface area contributed by atoms with E-state index in [-0.39, 0.29) is 5.91 Å². The van der Waals surface area contributed by atoms with Crippen molar-refractivity contribution in [3.8, 4) is 0 Å². The van der Waals surface area contributed by atoms with Gasteiger partial charge in [0, 0.05) is 6.54 Å². The molecule has 0 saturated carbocycles. The molecule has 0 atom stereocenters. The summed E-state index contributed by atoms with van der Waals surface area (Å²) in [6.45, 7) is 4.90. The second kappa shape index (κ2) is 7.66. The van der Waals surface area contributed by atoms with Crippen LogP contribution in [0.2, 0.25) is 10.0 Å². The lowest BCUT2D eigenvalue weighted by Gasteiger charge is -2.09. The Morgan fingerprint density at radius 3 is 2.41 bits per heavy atom. The Hall–Kier alpha value is -1.51. The van der Waals surface area contributed by atoms with Gasteiger partial charge in [-0.2, -0.15) is 0 Å². The summed E-state index contributed by atoms with van der Waals surface area (Å²) in [5.41, 5.74) is 2.92. The number of hydrogen-bond acceptors (Lipinski definition) is 1. The summed E-state index contributed by atoms with van der Waals surface area (Å²) in [6, 6.07) is 13.5. The quantitative estimate of drug-likeness (QED) is 0.810. The summed E-state index contributed by atoms with van der Waals surface area (Å²) in [6.07, 6.45) is 0.780. The van der Waals surface area contributed by atoms with Crippen LogP contribution in [0, 0.1) is 0 Å². The molecule has 0 bridgehead atoms. The second-order valence-corrected chi connectivity index (χ2v) is 6.29. The summed E-state index contributed by atoms with van der Waals surface area (Å²) >= 11 is 12.0. The van der Waals surface area contributed by atoms with E-state index in [4.69, 9.17) is 23.2 Å². The standard InChI is InChI=1S/C18H19Cl2NO/c1-12(2)14-8-6-13(7-9-14)10-11-21-18(22)15-4-3-5-16(19)17(15)20/h3-9,12H,10-11H2,1-2H3,(H,21,22). The van der Waals surface area contributed by atoms with Gasteiger partial charge < -0.3 is 5.32 Å². The molecule has 2 aromatic carbocycles. The zero-order chi connectivity index (χ0) is 16.1. The molecule has 0 aliphatic heterocycles. The van der Waals surface area contributed by atoms with E-state index in [9.17, 15) is 4.79 Å². The zero-order valence-corrected chi connectivity index (χ0v) is 14.2. The predicted molar refractivity (Wildman–Crippen MR) is 93.0 cm³/mol. The molecular formula is C18H19Cl2NO. The first-order chi connectivity index (χ1) is 10.5. The van der Waals surface area contributed by atoms with Gasteiger partial charge in [0.2, 0.25) is 0 Å². The molecule has 2 rings (SSSR count). The van der Waals surface area contributed by atoms with E-state index in [2.05, 4.69) is 43.4 Å². The van der Waals surface area contributed by atoms with Crippen LogP contribution in [0.5, 0.6) is 0 Å². The maximum atomic E-state index is 12.1. The number of rotatable bonds is 5. The van der Waals surface area contributed by atoms with E-state index in [0.717, 1.165) is 6.42 Å². The van der Waals surface area contributed by atoms with Gasteiger partial charge >= 0.3 is 0 Å². The lowest BCUT2D eigenvalue weighted by atomic mass is 10.0. The summed E-state index contributed by atoms with van der Waals surface area (Å²) in [5, 5.41) is 3.55. The number of halogens is 2. The van der Waals surface area contributed by atoms with Crippen LogP contribution in [0.3, 0.4) is 0 Å². The minimum Gasteiger partial charge on any atom is -0.352 e. The Bertz CT molecular complexity index is 651. The molecule has 2 nitrogen and oxygen atoms in total. The molecule has 0 saturated heterocycles. The van der Waals surface area contributed by atoms with Gasteiger partial charge in [0.25, 0.3) is 5.91 Å². The van der Waals surface area contributed by atoms with Crippen LogP contribution in [0.25, 0.3) is 0 Å². The first kappa shape index (κ1) is 16.9. The average molecular weight is 336 g/mol. The van der Waals surface area contributed by atoms with Gasteiger partial charge in [-0.3, -0.25) is 4.79 Å². The maximum absolute atomic E-state index is 12.1. The Labute approximate surface area is 141 Å². The summed E-state index contributed by atoms with van der Waals surface area (Å²) in [5.74, 6) is 0.324. The van der Waals surface area contributed by atoms with E-state index in [1.54, 1.807) is 18.2 Å². The lowest BCUT2D eigenvalue weighted by Crippen LogP contribution is -2.26. The molecule has 0 unspecified atom stereocenters. The van der Waals surface area contributed by atoms with Gasteiger partial charge in [0.1, 0.15) is 0 Å². The zero-order valence-electron chi connectivity index (χ0n) is 12.7. The first-order valence-electron chi connectivity index (χ1n) is 7.30. The minimum absolute atomic E-state index is 0.202. The molecule has 2 aromatic rings. The van der Waals surface area contributed by atoms with Gasteiger partial charge in [-0.25, -0.2) is 0 Å². The van der Waals surface area contributed by atoms with E-state index < -0.39 is 0 Å². The van der Waals surface area contributed by atoms with Crippen LogP contribution >= 0.6 is 23.2 Å². The van der Waals surface area contributed by atoms with E-state index in [1.807, 2.05) is 0 Å². The number of nitrogens with one attached hydrogen (secondary N) is 1. The minimum atomic E-state index is -0.202. The molecule has 22 heavy (non-hydrogen) atoms. The van der Waals surface area contributed by atoms with E-state index in [1.165, 1.54) is 11.1 Å². The second-order valence-electron chi connectivity index (χ2n) is 5.50. The van der Waals surface area contributed by atoms with Gasteiger partial charge in [-0.15, -0.1) is 0 Å². The Morgan fingerprint density at radius 2 is 1.77 bits per heavy atom. The van der Waals surface area contributed by atoms with Crippen LogP contribution in [0.1, 0.15) is 41.3 Å². The fraction of sp³-hybridized carbons (Fsp3) is 0.278. The summed E-state index contributed by atoms with van der Waals surface area (Å²) in [7, 11) is 0. The molecule has 1 amide bonds. The highest BCUT2D eigenvalue weighted by molar-refractivity contribution is 6.43. The Morgan fingerprint density at radius 1 is 1.09 bits per heavy atom. The largest absolute Gasteiger partial charge is 0.352 e. The molecule has 1 N–H and O–H groups in total. The van der Waals surface area contributed by atoms with Crippen molar-refractivity contribution in [3.63, 3.8) is 0 Å². The van der Waals surface area contributed by atoms with Crippen molar-refractivity contribution in [2.45, 2.75) is 26.2 Å². The summed E-state index contributed by atoms with van der Waals surface area (Å²) in [4.78, 5) is 12.1. The van der Waals surface area contributed by atoms with E-state index in [0.29, 0.717) is 28.1 Å². The third kappa shape index (κ3) is 4.25. The van der Waals surface area contributed by atoms with Crippen molar-refractivity contribution < 1.29 is 4.79 Å². The molecule has 0 aliphatic carbocycles. The van der Waals surface area contributed by atoms with Crippen LogP contribution < -0.4 is 5.32 Å². The van der Waals surface area contributed by atoms with Gasteiger partial charge in [0.05, 0.1) is 15.6 Å². The number of hydrogen-bond donors (Lipinski definition) is 1. The third-order valence-electron chi connectivity index (χ3n) is 3.54. The number of carbonyl (C=O) groups excluding carboxylic acids is 1. The number of carbonyl (C=O) groups is 1. The van der Waals surface area contributed by atoms with Crippen molar-refractivity contribution in [3.05, 3.63) is 69.2 Å². The van der Waals surface area contributed by atoms with Crippen molar-refractivity contribution >= 4 is 29.1 Å². The predicted octanol–water partition coefficient (Wildman–Crippen LogP) is 5.09. The van der Waals surface area contributed by atoms with Gasteiger partial charge in [-0.05, 0) is 35.6 Å². The maximum Gasteiger partial charge on any atom is 0.252 e.